The molecule has 1 aromatic carbocycles. The van der Waals surface area contributed by atoms with E-state index in [9.17, 15) is 9.00 Å². The van der Waals surface area contributed by atoms with E-state index in [1.54, 1.807) is 0 Å². The number of para-hydroxylation sites is 1. The van der Waals surface area contributed by atoms with Gasteiger partial charge in [0.2, 0.25) is 5.91 Å². The van der Waals surface area contributed by atoms with Crippen LogP contribution >= 0.6 is 0 Å². The predicted molar refractivity (Wildman–Crippen MR) is 92.7 cm³/mol. The van der Waals surface area contributed by atoms with Crippen LogP contribution in [-0.4, -0.2) is 45.2 Å². The highest BCUT2D eigenvalue weighted by Gasteiger charge is 2.30. The Balaban J connectivity index is 2.03. The van der Waals surface area contributed by atoms with Crippen molar-refractivity contribution in [3.8, 4) is 0 Å². The van der Waals surface area contributed by atoms with Crippen LogP contribution in [0.3, 0.4) is 0 Å². The summed E-state index contributed by atoms with van der Waals surface area (Å²) in [6.07, 6.45) is 0.896. The van der Waals surface area contributed by atoms with Gasteiger partial charge in [-0.05, 0) is 38.3 Å². The van der Waals surface area contributed by atoms with E-state index in [0.29, 0.717) is 12.3 Å². The van der Waals surface area contributed by atoms with E-state index in [2.05, 4.69) is 30.1 Å². The first-order valence-corrected chi connectivity index (χ1v) is 9.31. The lowest BCUT2D eigenvalue weighted by molar-refractivity contribution is -0.117. The maximum absolute atomic E-state index is 12.4. The standard InChI is InChI=1S/C17H26N2O2S/c1-5-15-8-6-7-12(2)17(15)18-16(20)11-19-9-10-22(21)14(4)13(19)3/h6-8,13-14H,5,9-11H2,1-4H3,(H,18,20)/t13-,14+,22+/m0/s1. The summed E-state index contributed by atoms with van der Waals surface area (Å²) < 4.78 is 11.8. The monoisotopic (exact) mass is 322 g/mol. The van der Waals surface area contributed by atoms with Crippen molar-refractivity contribution in [2.24, 2.45) is 0 Å². The molecule has 1 aliphatic heterocycles. The highest BCUT2D eigenvalue weighted by Crippen LogP contribution is 2.21. The van der Waals surface area contributed by atoms with E-state index >= 15 is 0 Å². The highest BCUT2D eigenvalue weighted by atomic mass is 32.2. The topological polar surface area (TPSA) is 49.4 Å². The van der Waals surface area contributed by atoms with E-state index in [0.717, 1.165) is 29.8 Å². The molecule has 1 aromatic rings. The van der Waals surface area contributed by atoms with Gasteiger partial charge < -0.3 is 5.32 Å². The normalized spacial score (nSPS) is 25.9. The number of hydrogen-bond acceptors (Lipinski definition) is 3. The quantitative estimate of drug-likeness (QED) is 0.925. The minimum atomic E-state index is -0.771. The van der Waals surface area contributed by atoms with Crippen molar-refractivity contribution in [3.63, 3.8) is 0 Å². The minimum Gasteiger partial charge on any atom is -0.324 e. The average Bonchev–Trinajstić information content (AvgIpc) is 2.50. The fraction of sp³-hybridized carbons (Fsp3) is 0.588. The third-order valence-corrected chi connectivity index (χ3v) is 6.41. The third kappa shape index (κ3) is 3.76. The van der Waals surface area contributed by atoms with Crippen LogP contribution in [0.15, 0.2) is 18.2 Å². The minimum absolute atomic E-state index is 0.00994. The van der Waals surface area contributed by atoms with Gasteiger partial charge in [-0.1, -0.05) is 25.1 Å². The molecule has 0 saturated carbocycles. The first-order chi connectivity index (χ1) is 10.4. The molecule has 3 atom stereocenters. The molecule has 4 nitrogen and oxygen atoms in total. The van der Waals surface area contributed by atoms with E-state index in [-0.39, 0.29) is 17.2 Å². The number of anilines is 1. The van der Waals surface area contributed by atoms with Crippen molar-refractivity contribution in [2.45, 2.75) is 45.4 Å². The SMILES string of the molecule is CCc1cccc(C)c1NC(=O)CN1CC[S@@](=O)[C@H](C)[C@@H]1C. The van der Waals surface area contributed by atoms with Crippen LogP contribution < -0.4 is 5.32 Å². The fourth-order valence-corrected chi connectivity index (χ4v) is 4.30. The number of hydrogen-bond donors (Lipinski definition) is 1. The largest absolute Gasteiger partial charge is 0.324 e. The number of benzene rings is 1. The molecule has 0 radical (unpaired) electrons. The number of nitrogens with one attached hydrogen (secondary N) is 1. The summed E-state index contributed by atoms with van der Waals surface area (Å²) in [4.78, 5) is 14.5. The van der Waals surface area contributed by atoms with Crippen molar-refractivity contribution >= 4 is 22.4 Å². The Labute approximate surface area is 135 Å². The van der Waals surface area contributed by atoms with Gasteiger partial charge in [0.25, 0.3) is 0 Å². The van der Waals surface area contributed by atoms with Gasteiger partial charge in [0.1, 0.15) is 0 Å². The molecule has 0 spiro atoms. The van der Waals surface area contributed by atoms with Crippen LogP contribution in [0.1, 0.15) is 31.9 Å². The number of carbonyl (C=O) groups excluding carboxylic acids is 1. The highest BCUT2D eigenvalue weighted by molar-refractivity contribution is 7.85. The first kappa shape index (κ1) is 17.2. The lowest BCUT2D eigenvalue weighted by atomic mass is 10.1. The Morgan fingerprint density at radius 1 is 1.41 bits per heavy atom. The van der Waals surface area contributed by atoms with Gasteiger partial charge in [-0.2, -0.15) is 0 Å². The van der Waals surface area contributed by atoms with Crippen LogP contribution in [0.4, 0.5) is 5.69 Å². The second kappa shape index (κ2) is 7.38. The summed E-state index contributed by atoms with van der Waals surface area (Å²) in [5.74, 6) is 0.666. The van der Waals surface area contributed by atoms with Crippen molar-refractivity contribution < 1.29 is 9.00 Å². The van der Waals surface area contributed by atoms with Gasteiger partial charge in [0, 0.05) is 40.1 Å². The first-order valence-electron chi connectivity index (χ1n) is 7.93. The van der Waals surface area contributed by atoms with Gasteiger partial charge in [-0.15, -0.1) is 0 Å². The molecule has 1 aliphatic rings. The van der Waals surface area contributed by atoms with Crippen LogP contribution in [0.25, 0.3) is 0 Å². The van der Waals surface area contributed by atoms with Crippen molar-refractivity contribution in [1.82, 2.24) is 4.90 Å². The molecule has 1 saturated heterocycles. The van der Waals surface area contributed by atoms with Crippen LogP contribution in [-0.2, 0) is 22.0 Å². The number of nitrogens with zero attached hydrogens (tertiary/aromatic N) is 1. The van der Waals surface area contributed by atoms with Crippen LogP contribution in [0.5, 0.6) is 0 Å². The molecule has 22 heavy (non-hydrogen) atoms. The van der Waals surface area contributed by atoms with Crippen LogP contribution in [0.2, 0.25) is 0 Å². The zero-order valence-electron chi connectivity index (χ0n) is 13.9. The summed E-state index contributed by atoms with van der Waals surface area (Å²) in [5, 5.41) is 3.18. The molecule has 0 unspecified atom stereocenters. The number of aryl methyl sites for hydroxylation is 2. The molecule has 1 heterocycles. The Morgan fingerprint density at radius 3 is 2.82 bits per heavy atom. The third-order valence-electron chi connectivity index (χ3n) is 4.60. The summed E-state index contributed by atoms with van der Waals surface area (Å²) in [6, 6.07) is 6.26. The smallest absolute Gasteiger partial charge is 0.238 e. The second-order valence-corrected chi connectivity index (χ2v) is 7.93. The van der Waals surface area contributed by atoms with E-state index < -0.39 is 10.8 Å². The van der Waals surface area contributed by atoms with Crippen molar-refractivity contribution in [3.05, 3.63) is 29.3 Å². The Kier molecular flexibility index (Phi) is 5.75. The van der Waals surface area contributed by atoms with Crippen molar-refractivity contribution in [2.75, 3.05) is 24.2 Å². The van der Waals surface area contributed by atoms with E-state index in [1.165, 1.54) is 0 Å². The zero-order chi connectivity index (χ0) is 16.3. The summed E-state index contributed by atoms with van der Waals surface area (Å²) in [6.45, 7) is 9.25. The molecule has 0 aliphatic carbocycles. The fourth-order valence-electron chi connectivity index (χ4n) is 2.90. The van der Waals surface area contributed by atoms with Gasteiger partial charge in [0.05, 0.1) is 6.54 Å². The zero-order valence-corrected chi connectivity index (χ0v) is 14.7. The number of carbonyl (C=O) groups is 1. The van der Waals surface area contributed by atoms with E-state index in [1.807, 2.05) is 26.0 Å². The lowest BCUT2D eigenvalue weighted by Gasteiger charge is -2.36. The molecular weight excluding hydrogens is 296 g/mol. The molecule has 2 rings (SSSR count). The molecule has 0 aromatic heterocycles. The number of rotatable bonds is 4. The second-order valence-electron chi connectivity index (χ2n) is 6.01. The molecule has 0 bridgehead atoms. The van der Waals surface area contributed by atoms with Gasteiger partial charge in [-0.3, -0.25) is 13.9 Å². The van der Waals surface area contributed by atoms with E-state index in [4.69, 9.17) is 0 Å². The molecule has 122 valence electrons. The predicted octanol–water partition coefficient (Wildman–Crippen LogP) is 2.34. The Morgan fingerprint density at radius 2 is 2.14 bits per heavy atom. The number of amides is 1. The molecule has 1 N–H and O–H groups in total. The summed E-state index contributed by atoms with van der Waals surface area (Å²) in [7, 11) is -0.771. The maximum atomic E-state index is 12.4. The maximum Gasteiger partial charge on any atom is 0.238 e. The van der Waals surface area contributed by atoms with Crippen LogP contribution in [0, 0.1) is 6.92 Å². The summed E-state index contributed by atoms with van der Waals surface area (Å²) >= 11 is 0. The Bertz CT molecular complexity index is 574. The molecule has 1 amide bonds. The van der Waals surface area contributed by atoms with Gasteiger partial charge in [0.15, 0.2) is 0 Å². The lowest BCUT2D eigenvalue weighted by Crippen LogP contribution is -2.52. The van der Waals surface area contributed by atoms with Gasteiger partial charge >= 0.3 is 0 Å². The average molecular weight is 322 g/mol. The molecule has 5 heteroatoms. The summed E-state index contributed by atoms with van der Waals surface area (Å²) in [5.41, 5.74) is 3.19. The molecular formula is C17H26N2O2S. The van der Waals surface area contributed by atoms with Gasteiger partial charge in [-0.25, -0.2) is 0 Å². The molecule has 1 fully saturated rings. The Hall–Kier alpha value is -1.20. The van der Waals surface area contributed by atoms with Crippen molar-refractivity contribution in [1.29, 1.82) is 0 Å².